The highest BCUT2D eigenvalue weighted by atomic mass is 16.3. The van der Waals surface area contributed by atoms with E-state index in [-0.39, 0.29) is 17.2 Å². The van der Waals surface area contributed by atoms with Crippen molar-refractivity contribution in [3.8, 4) is 0 Å². The summed E-state index contributed by atoms with van der Waals surface area (Å²) in [4.78, 5) is 30.7. The number of furan rings is 1. The van der Waals surface area contributed by atoms with E-state index in [0.29, 0.717) is 29.5 Å². The van der Waals surface area contributed by atoms with Gasteiger partial charge >= 0.3 is 0 Å². The van der Waals surface area contributed by atoms with Gasteiger partial charge in [0.25, 0.3) is 11.8 Å². The van der Waals surface area contributed by atoms with Crippen LogP contribution in [0.4, 0.5) is 0 Å². The summed E-state index contributed by atoms with van der Waals surface area (Å²) >= 11 is 0. The fraction of sp³-hybridized carbons (Fsp3) is 0.400. The molecule has 1 spiro atoms. The Kier molecular flexibility index (Phi) is 3.92. The van der Waals surface area contributed by atoms with Gasteiger partial charge in [0.15, 0.2) is 11.3 Å². The number of aromatic nitrogens is 3. The largest absolute Gasteiger partial charge is 0.449 e. The number of carbonyl (C=O) groups excluding carboxylic acids is 2. The van der Waals surface area contributed by atoms with Crippen LogP contribution in [0.25, 0.3) is 11.0 Å². The average Bonchev–Trinajstić information content (AvgIpc) is 3.13. The van der Waals surface area contributed by atoms with Gasteiger partial charge in [-0.3, -0.25) is 19.7 Å². The SMILES string of the molecule is O=C(NCC1CC12CCN(C(=O)c1cc[nH]n1)CC2)c1cc2ccncc2o1. The van der Waals surface area contributed by atoms with Gasteiger partial charge in [-0.25, -0.2) is 0 Å². The number of nitrogens with one attached hydrogen (secondary N) is 2. The molecule has 0 radical (unpaired) electrons. The van der Waals surface area contributed by atoms with Crippen molar-refractivity contribution >= 4 is 22.8 Å². The summed E-state index contributed by atoms with van der Waals surface area (Å²) in [6.07, 6.45) is 8.00. The first-order valence-corrected chi connectivity index (χ1v) is 9.55. The molecule has 144 valence electrons. The zero-order valence-electron chi connectivity index (χ0n) is 15.4. The monoisotopic (exact) mass is 379 g/mol. The smallest absolute Gasteiger partial charge is 0.287 e. The Labute approximate surface area is 161 Å². The minimum atomic E-state index is -0.190. The molecule has 28 heavy (non-hydrogen) atoms. The van der Waals surface area contributed by atoms with Crippen LogP contribution >= 0.6 is 0 Å². The number of piperidine rings is 1. The molecule has 1 saturated carbocycles. The highest BCUT2D eigenvalue weighted by Crippen LogP contribution is 2.59. The molecule has 1 aliphatic carbocycles. The van der Waals surface area contributed by atoms with Crippen LogP contribution in [-0.2, 0) is 0 Å². The van der Waals surface area contributed by atoms with Gasteiger partial charge in [0.05, 0.1) is 6.20 Å². The van der Waals surface area contributed by atoms with Gasteiger partial charge in [0.2, 0.25) is 0 Å². The van der Waals surface area contributed by atoms with Crippen molar-refractivity contribution in [2.45, 2.75) is 19.3 Å². The molecule has 8 heteroatoms. The second-order valence-corrected chi connectivity index (χ2v) is 7.75. The first-order chi connectivity index (χ1) is 13.6. The van der Waals surface area contributed by atoms with Crippen LogP contribution in [0.15, 0.2) is 41.2 Å². The number of fused-ring (bicyclic) bond motifs is 1. The average molecular weight is 379 g/mol. The lowest BCUT2D eigenvalue weighted by Gasteiger charge is -2.32. The molecule has 1 saturated heterocycles. The van der Waals surface area contributed by atoms with Crippen LogP contribution in [0, 0.1) is 11.3 Å². The van der Waals surface area contributed by atoms with E-state index in [4.69, 9.17) is 4.42 Å². The van der Waals surface area contributed by atoms with Gasteiger partial charge in [0.1, 0.15) is 5.69 Å². The summed E-state index contributed by atoms with van der Waals surface area (Å²) in [5, 5.41) is 10.5. The summed E-state index contributed by atoms with van der Waals surface area (Å²) in [5.74, 6) is 0.577. The number of hydrogen-bond acceptors (Lipinski definition) is 5. The first-order valence-electron chi connectivity index (χ1n) is 9.55. The fourth-order valence-electron chi connectivity index (χ4n) is 4.33. The van der Waals surface area contributed by atoms with Crippen LogP contribution in [0.5, 0.6) is 0 Å². The fourth-order valence-corrected chi connectivity index (χ4v) is 4.33. The van der Waals surface area contributed by atoms with Gasteiger partial charge < -0.3 is 14.6 Å². The Morgan fingerprint density at radius 3 is 2.93 bits per heavy atom. The number of hydrogen-bond donors (Lipinski definition) is 2. The predicted molar refractivity (Wildman–Crippen MR) is 101 cm³/mol. The molecule has 0 aromatic carbocycles. The Balaban J connectivity index is 1.14. The zero-order valence-corrected chi connectivity index (χ0v) is 15.4. The zero-order chi connectivity index (χ0) is 19.1. The van der Waals surface area contributed by atoms with Crippen LogP contribution < -0.4 is 5.32 Å². The van der Waals surface area contributed by atoms with Crippen molar-refractivity contribution in [3.63, 3.8) is 0 Å². The lowest BCUT2D eigenvalue weighted by Crippen LogP contribution is -2.40. The number of nitrogens with zero attached hydrogens (tertiary/aromatic N) is 3. The van der Waals surface area contributed by atoms with E-state index in [1.165, 1.54) is 0 Å². The van der Waals surface area contributed by atoms with E-state index in [2.05, 4.69) is 20.5 Å². The molecule has 1 aliphatic heterocycles. The van der Waals surface area contributed by atoms with Crippen LogP contribution in [0.2, 0.25) is 0 Å². The van der Waals surface area contributed by atoms with Crippen LogP contribution in [-0.4, -0.2) is 51.5 Å². The highest BCUT2D eigenvalue weighted by Gasteiger charge is 2.54. The Morgan fingerprint density at radius 1 is 1.32 bits per heavy atom. The third-order valence-electron chi connectivity index (χ3n) is 6.18. The number of rotatable bonds is 4. The third-order valence-corrected chi connectivity index (χ3v) is 6.18. The minimum absolute atomic E-state index is 0.0130. The van der Waals surface area contributed by atoms with Gasteiger partial charge in [-0.05, 0) is 48.8 Å². The van der Waals surface area contributed by atoms with E-state index >= 15 is 0 Å². The maximum atomic E-state index is 12.4. The van der Waals surface area contributed by atoms with E-state index in [1.54, 1.807) is 30.7 Å². The summed E-state index contributed by atoms with van der Waals surface area (Å²) in [5.41, 5.74) is 1.34. The maximum Gasteiger partial charge on any atom is 0.287 e. The Morgan fingerprint density at radius 2 is 2.18 bits per heavy atom. The van der Waals surface area contributed by atoms with Gasteiger partial charge in [-0.1, -0.05) is 0 Å². The topological polar surface area (TPSA) is 104 Å². The van der Waals surface area contributed by atoms with Crippen molar-refractivity contribution in [2.24, 2.45) is 11.3 Å². The molecular formula is C20H21N5O3. The lowest BCUT2D eigenvalue weighted by molar-refractivity contribution is 0.0662. The molecule has 2 fully saturated rings. The normalized spacial score (nSPS) is 20.4. The first kappa shape index (κ1) is 17.0. The predicted octanol–water partition coefficient (Wildman–Crippen LogP) is 2.22. The molecule has 4 heterocycles. The molecule has 5 rings (SSSR count). The van der Waals surface area contributed by atoms with Crippen molar-refractivity contribution in [3.05, 3.63) is 48.2 Å². The molecule has 1 unspecified atom stereocenters. The number of amides is 2. The van der Waals surface area contributed by atoms with Crippen LogP contribution in [0.3, 0.4) is 0 Å². The summed E-state index contributed by atoms with van der Waals surface area (Å²) in [6, 6.07) is 5.27. The van der Waals surface area contributed by atoms with Gasteiger partial charge in [0, 0.05) is 37.4 Å². The Hall–Kier alpha value is -3.16. The second kappa shape index (κ2) is 6.47. The Bertz CT molecular complexity index is 985. The molecule has 2 N–H and O–H groups in total. The number of pyridine rings is 1. The van der Waals surface area contributed by atoms with Crippen LogP contribution in [0.1, 0.15) is 40.3 Å². The number of likely N-dealkylation sites (tertiary alicyclic amines) is 1. The standard InChI is InChI=1S/C20H21N5O3/c26-18(16-9-13-1-5-21-12-17(13)28-16)22-11-14-10-20(14)3-7-25(8-4-20)19(27)15-2-6-23-24-15/h1-2,5-6,9,12,14H,3-4,7-8,10-11H2,(H,22,26)(H,23,24). The molecule has 0 bridgehead atoms. The van der Waals surface area contributed by atoms with E-state index in [1.807, 2.05) is 11.0 Å². The quantitative estimate of drug-likeness (QED) is 0.723. The summed E-state index contributed by atoms with van der Waals surface area (Å²) in [6.45, 7) is 2.13. The molecule has 2 aliphatic rings. The number of H-pyrrole nitrogens is 1. The third kappa shape index (κ3) is 2.94. The highest BCUT2D eigenvalue weighted by molar-refractivity contribution is 5.96. The maximum absolute atomic E-state index is 12.4. The van der Waals surface area contributed by atoms with Crippen molar-refractivity contribution in [1.82, 2.24) is 25.4 Å². The second-order valence-electron chi connectivity index (χ2n) is 7.75. The summed E-state index contributed by atoms with van der Waals surface area (Å²) in [7, 11) is 0. The molecule has 8 nitrogen and oxygen atoms in total. The lowest BCUT2D eigenvalue weighted by atomic mass is 9.90. The van der Waals surface area contributed by atoms with Crippen molar-refractivity contribution < 1.29 is 14.0 Å². The molecule has 3 aromatic heterocycles. The van der Waals surface area contributed by atoms with Crippen molar-refractivity contribution in [2.75, 3.05) is 19.6 Å². The molecule has 3 aromatic rings. The van der Waals surface area contributed by atoms with E-state index < -0.39 is 0 Å². The molecular weight excluding hydrogens is 358 g/mol. The van der Waals surface area contributed by atoms with Gasteiger partial charge in [-0.15, -0.1) is 0 Å². The minimum Gasteiger partial charge on any atom is -0.449 e. The number of carbonyl (C=O) groups is 2. The molecule has 2 amide bonds. The van der Waals surface area contributed by atoms with Gasteiger partial charge in [-0.2, -0.15) is 5.10 Å². The van der Waals surface area contributed by atoms with Crippen molar-refractivity contribution in [1.29, 1.82) is 0 Å². The van der Waals surface area contributed by atoms with E-state index in [9.17, 15) is 9.59 Å². The summed E-state index contributed by atoms with van der Waals surface area (Å²) < 4.78 is 5.57. The molecule has 1 atom stereocenters. The van der Waals surface area contributed by atoms with E-state index in [0.717, 1.165) is 37.7 Å². The number of aromatic amines is 1.